The van der Waals surface area contributed by atoms with E-state index in [1.165, 1.54) is 13.0 Å². The van der Waals surface area contributed by atoms with E-state index in [0.29, 0.717) is 10.1 Å². The Kier molecular flexibility index (Phi) is 2.19. The summed E-state index contributed by atoms with van der Waals surface area (Å²) in [4.78, 5) is 11.1. The number of alkyl halides is 3. The summed E-state index contributed by atoms with van der Waals surface area (Å²) < 4.78 is 37.2. The lowest BCUT2D eigenvalue weighted by molar-refractivity contribution is -0.143. The second kappa shape index (κ2) is 2.90. The quantitative estimate of drug-likeness (QED) is 0.611. The SMILES string of the molecule is Cc1ccc(C(F)(F)F)n(C)c1=O. The Bertz CT molecular complexity index is 378. The lowest BCUT2D eigenvalue weighted by Gasteiger charge is -2.11. The van der Waals surface area contributed by atoms with E-state index < -0.39 is 17.4 Å². The van der Waals surface area contributed by atoms with Gasteiger partial charge in [-0.2, -0.15) is 13.2 Å². The highest BCUT2D eigenvalue weighted by Crippen LogP contribution is 2.27. The normalized spacial score (nSPS) is 11.8. The molecule has 72 valence electrons. The zero-order valence-corrected chi connectivity index (χ0v) is 7.14. The van der Waals surface area contributed by atoms with Gasteiger partial charge >= 0.3 is 6.18 Å². The summed E-state index contributed by atoms with van der Waals surface area (Å²) in [7, 11) is 1.11. The molecule has 0 radical (unpaired) electrons. The fourth-order valence-electron chi connectivity index (χ4n) is 1.05. The van der Waals surface area contributed by atoms with Crippen LogP contribution in [0.2, 0.25) is 0 Å². The van der Waals surface area contributed by atoms with Crippen LogP contribution in [0.5, 0.6) is 0 Å². The van der Waals surface area contributed by atoms with Crippen molar-refractivity contribution >= 4 is 0 Å². The smallest absolute Gasteiger partial charge is 0.307 e. The molecule has 0 aliphatic carbocycles. The van der Waals surface area contributed by atoms with Crippen molar-refractivity contribution < 1.29 is 13.2 Å². The Morgan fingerprint density at radius 2 is 1.85 bits per heavy atom. The topological polar surface area (TPSA) is 22.0 Å². The van der Waals surface area contributed by atoms with Gasteiger partial charge in [-0.25, -0.2) is 0 Å². The van der Waals surface area contributed by atoms with Gasteiger partial charge in [-0.1, -0.05) is 6.07 Å². The van der Waals surface area contributed by atoms with E-state index in [0.717, 1.165) is 13.1 Å². The van der Waals surface area contributed by atoms with Crippen LogP contribution >= 0.6 is 0 Å². The van der Waals surface area contributed by atoms with Gasteiger partial charge in [-0.3, -0.25) is 4.79 Å². The molecule has 13 heavy (non-hydrogen) atoms. The fraction of sp³-hybridized carbons (Fsp3) is 0.375. The largest absolute Gasteiger partial charge is 0.431 e. The maximum Gasteiger partial charge on any atom is 0.431 e. The molecule has 1 heterocycles. The number of halogens is 3. The summed E-state index contributed by atoms with van der Waals surface area (Å²) in [6, 6.07) is 2.07. The molecule has 1 rings (SSSR count). The number of aryl methyl sites for hydroxylation is 1. The van der Waals surface area contributed by atoms with Crippen LogP contribution < -0.4 is 5.56 Å². The molecule has 0 saturated carbocycles. The van der Waals surface area contributed by atoms with Crippen LogP contribution in [0.4, 0.5) is 13.2 Å². The van der Waals surface area contributed by atoms with Gasteiger partial charge in [0.25, 0.3) is 5.56 Å². The molecule has 0 bridgehead atoms. The van der Waals surface area contributed by atoms with E-state index in [1.54, 1.807) is 0 Å². The Hall–Kier alpha value is -1.26. The molecule has 0 spiro atoms. The van der Waals surface area contributed by atoms with Crippen molar-refractivity contribution in [3.63, 3.8) is 0 Å². The first-order valence-corrected chi connectivity index (χ1v) is 3.58. The number of nitrogens with zero attached hydrogens (tertiary/aromatic N) is 1. The summed E-state index contributed by atoms with van der Waals surface area (Å²) in [6.45, 7) is 1.47. The molecule has 0 fully saturated rings. The molecular weight excluding hydrogens is 183 g/mol. The molecule has 0 unspecified atom stereocenters. The van der Waals surface area contributed by atoms with Crippen LogP contribution in [0.25, 0.3) is 0 Å². The minimum Gasteiger partial charge on any atom is -0.307 e. The molecule has 5 heteroatoms. The number of hydrogen-bond donors (Lipinski definition) is 0. The first-order chi connectivity index (χ1) is 5.84. The number of pyridine rings is 1. The number of rotatable bonds is 0. The van der Waals surface area contributed by atoms with Crippen molar-refractivity contribution in [2.45, 2.75) is 13.1 Å². The standard InChI is InChI=1S/C8H8F3NO/c1-5-3-4-6(8(9,10)11)12(2)7(5)13/h3-4H,1-2H3. The molecular formula is C8H8F3NO. The summed E-state index contributed by atoms with van der Waals surface area (Å²) in [5, 5.41) is 0. The van der Waals surface area contributed by atoms with Crippen LogP contribution in [0, 0.1) is 6.92 Å². The minimum atomic E-state index is -4.47. The number of hydrogen-bond acceptors (Lipinski definition) is 1. The van der Waals surface area contributed by atoms with Gasteiger partial charge in [0.15, 0.2) is 0 Å². The lowest BCUT2D eigenvalue weighted by Crippen LogP contribution is -2.26. The molecule has 0 aliphatic heterocycles. The average molecular weight is 191 g/mol. The molecule has 2 nitrogen and oxygen atoms in total. The van der Waals surface area contributed by atoms with E-state index in [4.69, 9.17) is 0 Å². The third kappa shape index (κ3) is 1.74. The molecule has 0 saturated heterocycles. The molecule has 1 aromatic rings. The molecule has 1 aromatic heterocycles. The first-order valence-electron chi connectivity index (χ1n) is 3.58. The van der Waals surface area contributed by atoms with Crippen molar-refractivity contribution in [2.75, 3.05) is 0 Å². The molecule has 0 atom stereocenters. The molecule has 0 amide bonds. The Morgan fingerprint density at radius 3 is 2.31 bits per heavy atom. The predicted octanol–water partition coefficient (Wildman–Crippen LogP) is 1.71. The Morgan fingerprint density at radius 1 is 1.31 bits per heavy atom. The van der Waals surface area contributed by atoms with Crippen molar-refractivity contribution in [1.29, 1.82) is 0 Å². The van der Waals surface area contributed by atoms with Crippen LogP contribution in [0.15, 0.2) is 16.9 Å². The third-order valence-corrected chi connectivity index (χ3v) is 1.78. The third-order valence-electron chi connectivity index (χ3n) is 1.78. The monoisotopic (exact) mass is 191 g/mol. The summed E-state index contributed by atoms with van der Waals surface area (Å²) in [6.07, 6.45) is -4.47. The van der Waals surface area contributed by atoms with Crippen LogP contribution in [0.3, 0.4) is 0 Å². The van der Waals surface area contributed by atoms with E-state index in [2.05, 4.69) is 0 Å². The Labute approximate surface area is 72.6 Å². The van der Waals surface area contributed by atoms with Crippen molar-refractivity contribution in [1.82, 2.24) is 4.57 Å². The van der Waals surface area contributed by atoms with Gasteiger partial charge < -0.3 is 4.57 Å². The van der Waals surface area contributed by atoms with Crippen molar-refractivity contribution in [3.8, 4) is 0 Å². The fourth-order valence-corrected chi connectivity index (χ4v) is 1.05. The van der Waals surface area contributed by atoms with E-state index >= 15 is 0 Å². The van der Waals surface area contributed by atoms with Crippen LogP contribution in [0.1, 0.15) is 11.3 Å². The van der Waals surface area contributed by atoms with E-state index in [1.807, 2.05) is 0 Å². The minimum absolute atomic E-state index is 0.301. The van der Waals surface area contributed by atoms with Gasteiger partial charge in [0.2, 0.25) is 0 Å². The van der Waals surface area contributed by atoms with Gasteiger partial charge in [0, 0.05) is 12.6 Å². The zero-order valence-electron chi connectivity index (χ0n) is 7.14. The highest BCUT2D eigenvalue weighted by Gasteiger charge is 2.33. The van der Waals surface area contributed by atoms with Gasteiger partial charge in [0.05, 0.1) is 0 Å². The van der Waals surface area contributed by atoms with E-state index in [-0.39, 0.29) is 0 Å². The van der Waals surface area contributed by atoms with Crippen molar-refractivity contribution in [2.24, 2.45) is 7.05 Å². The second-order valence-electron chi connectivity index (χ2n) is 2.76. The van der Waals surface area contributed by atoms with E-state index in [9.17, 15) is 18.0 Å². The van der Waals surface area contributed by atoms with Crippen molar-refractivity contribution in [3.05, 3.63) is 33.7 Å². The summed E-state index contributed by atoms with van der Waals surface area (Å²) in [5.41, 5.74) is -1.24. The second-order valence-corrected chi connectivity index (χ2v) is 2.76. The summed E-state index contributed by atoms with van der Waals surface area (Å²) in [5.74, 6) is 0. The van der Waals surface area contributed by atoms with Crippen LogP contribution in [-0.4, -0.2) is 4.57 Å². The van der Waals surface area contributed by atoms with Gasteiger partial charge in [-0.05, 0) is 13.0 Å². The zero-order chi connectivity index (χ0) is 10.2. The maximum absolute atomic E-state index is 12.2. The molecule has 0 aliphatic rings. The Balaban J connectivity index is 3.44. The van der Waals surface area contributed by atoms with Gasteiger partial charge in [-0.15, -0.1) is 0 Å². The highest BCUT2D eigenvalue weighted by atomic mass is 19.4. The highest BCUT2D eigenvalue weighted by molar-refractivity contribution is 5.16. The predicted molar refractivity (Wildman–Crippen MR) is 41.4 cm³/mol. The first kappa shape index (κ1) is 9.83. The number of aromatic nitrogens is 1. The lowest BCUT2D eigenvalue weighted by atomic mass is 10.2. The van der Waals surface area contributed by atoms with Gasteiger partial charge in [0.1, 0.15) is 5.69 Å². The summed E-state index contributed by atoms with van der Waals surface area (Å²) >= 11 is 0. The maximum atomic E-state index is 12.2. The van der Waals surface area contributed by atoms with Crippen LogP contribution in [-0.2, 0) is 13.2 Å². The molecule has 0 N–H and O–H groups in total. The average Bonchev–Trinajstić information content (AvgIpc) is 1.98. The molecule has 0 aromatic carbocycles.